The number of fused-ring (bicyclic) bond motifs is 6. The Hall–Kier alpha value is -3.48. The van der Waals surface area contributed by atoms with Gasteiger partial charge in [0.15, 0.2) is 0 Å². The number of rotatable bonds is 3. The minimum absolute atomic E-state index is 0.416. The van der Waals surface area contributed by atoms with Crippen molar-refractivity contribution in [3.8, 4) is 22.3 Å². The summed E-state index contributed by atoms with van der Waals surface area (Å²) in [5.74, 6) is 0. The van der Waals surface area contributed by atoms with Gasteiger partial charge in [-0.2, -0.15) is 0 Å². The van der Waals surface area contributed by atoms with E-state index in [-0.39, 0.29) is 0 Å². The molecule has 0 atom stereocenters. The van der Waals surface area contributed by atoms with E-state index in [1.807, 2.05) is 22.7 Å². The Morgan fingerprint density at radius 2 is 0.951 bits per heavy atom. The van der Waals surface area contributed by atoms with Crippen molar-refractivity contribution in [2.75, 3.05) is 0 Å². The van der Waals surface area contributed by atoms with Gasteiger partial charge in [0.2, 0.25) is 0 Å². The summed E-state index contributed by atoms with van der Waals surface area (Å²) in [4.78, 5) is 0. The Morgan fingerprint density at radius 1 is 0.512 bits per heavy atom. The van der Waals surface area contributed by atoms with Gasteiger partial charge in [-0.3, -0.25) is 0 Å². The highest BCUT2D eigenvalue weighted by Gasteiger charge is 2.51. The van der Waals surface area contributed by atoms with E-state index >= 15 is 0 Å². The van der Waals surface area contributed by atoms with Crippen LogP contribution < -0.4 is 5.46 Å². The van der Waals surface area contributed by atoms with Crippen molar-refractivity contribution in [1.29, 1.82) is 0 Å². The van der Waals surface area contributed by atoms with Crippen LogP contribution in [0.2, 0.25) is 0 Å². The predicted molar refractivity (Wildman–Crippen MR) is 179 cm³/mol. The molecule has 2 nitrogen and oxygen atoms in total. The van der Waals surface area contributed by atoms with Crippen LogP contribution in [0.3, 0.4) is 0 Å². The molecule has 200 valence electrons. The lowest BCUT2D eigenvalue weighted by Gasteiger charge is -2.32. The third-order valence-electron chi connectivity index (χ3n) is 8.91. The monoisotopic (exact) mass is 568 g/mol. The number of hydrogen-bond acceptors (Lipinski definition) is 4. The van der Waals surface area contributed by atoms with Crippen LogP contribution >= 0.6 is 22.7 Å². The summed E-state index contributed by atoms with van der Waals surface area (Å²) >= 11 is 3.71. The van der Waals surface area contributed by atoms with Crippen LogP contribution in [0.25, 0.3) is 62.6 Å². The summed E-state index contributed by atoms with van der Waals surface area (Å²) in [7, 11) is -0.449. The third kappa shape index (κ3) is 3.91. The van der Waals surface area contributed by atoms with Crippen LogP contribution in [0.15, 0.2) is 103 Å². The minimum Gasteiger partial charge on any atom is -0.399 e. The first-order valence-electron chi connectivity index (χ1n) is 14.1. The van der Waals surface area contributed by atoms with E-state index in [1.165, 1.54) is 62.6 Å². The molecule has 0 N–H and O–H groups in total. The van der Waals surface area contributed by atoms with E-state index in [2.05, 4.69) is 131 Å². The lowest BCUT2D eigenvalue weighted by Crippen LogP contribution is -2.41. The minimum atomic E-state index is -0.449. The van der Waals surface area contributed by atoms with Gasteiger partial charge < -0.3 is 9.31 Å². The molecule has 5 aromatic carbocycles. The fraction of sp³-hybridized carbons (Fsp3) is 0.167. The highest BCUT2D eigenvalue weighted by molar-refractivity contribution is 7.26. The summed E-state index contributed by atoms with van der Waals surface area (Å²) in [5, 5.41) is 5.22. The summed E-state index contributed by atoms with van der Waals surface area (Å²) in [6.45, 7) is 8.48. The first-order chi connectivity index (χ1) is 19.8. The number of benzene rings is 5. The van der Waals surface area contributed by atoms with Gasteiger partial charge in [0, 0.05) is 40.3 Å². The molecule has 1 saturated heterocycles. The maximum atomic E-state index is 6.60. The van der Waals surface area contributed by atoms with Crippen LogP contribution in [-0.4, -0.2) is 18.3 Å². The Kier molecular flexibility index (Phi) is 5.55. The maximum absolute atomic E-state index is 6.60. The van der Waals surface area contributed by atoms with E-state index in [9.17, 15) is 0 Å². The molecule has 0 aliphatic carbocycles. The number of thiophene rings is 2. The molecule has 3 heterocycles. The van der Waals surface area contributed by atoms with Gasteiger partial charge in [-0.25, -0.2) is 0 Å². The molecule has 1 aliphatic rings. The molecule has 0 spiro atoms. The quantitative estimate of drug-likeness (QED) is 0.198. The Morgan fingerprint density at radius 3 is 1.44 bits per heavy atom. The Balaban J connectivity index is 1.41. The SMILES string of the molecule is CC1(C)OB(c2cc(-c3cccc4sc5ccccc5c34)cc(-c3cccc4sc5ccccc5c34)c2)OC1(C)C. The topological polar surface area (TPSA) is 18.5 Å². The first kappa shape index (κ1) is 25.3. The second-order valence-electron chi connectivity index (χ2n) is 12.0. The predicted octanol–water partition coefficient (Wildman–Crippen LogP) is 10.1. The van der Waals surface area contributed by atoms with Gasteiger partial charge in [-0.15, -0.1) is 22.7 Å². The molecule has 0 amide bonds. The smallest absolute Gasteiger partial charge is 0.399 e. The molecule has 7 aromatic rings. The van der Waals surface area contributed by atoms with Crippen molar-refractivity contribution >= 4 is 75.6 Å². The Labute approximate surface area is 248 Å². The van der Waals surface area contributed by atoms with E-state index < -0.39 is 18.3 Å². The zero-order chi connectivity index (χ0) is 27.9. The fourth-order valence-corrected chi connectivity index (χ4v) is 8.37. The highest BCUT2D eigenvalue weighted by Crippen LogP contribution is 2.44. The fourth-order valence-electron chi connectivity index (χ4n) is 6.11. The van der Waals surface area contributed by atoms with Gasteiger partial charge in [0.25, 0.3) is 0 Å². The molecule has 0 unspecified atom stereocenters. The zero-order valence-electron chi connectivity index (χ0n) is 23.5. The summed E-state index contributed by atoms with van der Waals surface area (Å²) in [6, 6.07) is 37.7. The number of hydrogen-bond donors (Lipinski definition) is 0. The molecule has 1 fully saturated rings. The lowest BCUT2D eigenvalue weighted by atomic mass is 9.76. The van der Waals surface area contributed by atoms with Gasteiger partial charge in [0.1, 0.15) is 0 Å². The first-order valence-corrected chi connectivity index (χ1v) is 15.7. The van der Waals surface area contributed by atoms with Crippen molar-refractivity contribution in [1.82, 2.24) is 0 Å². The largest absolute Gasteiger partial charge is 0.494 e. The van der Waals surface area contributed by atoms with Crippen LogP contribution in [0.4, 0.5) is 0 Å². The molecule has 41 heavy (non-hydrogen) atoms. The van der Waals surface area contributed by atoms with Gasteiger partial charge >= 0.3 is 7.12 Å². The van der Waals surface area contributed by atoms with Gasteiger partial charge in [-0.1, -0.05) is 72.8 Å². The van der Waals surface area contributed by atoms with Gasteiger partial charge in [-0.05, 0) is 85.7 Å². The van der Waals surface area contributed by atoms with Crippen molar-refractivity contribution < 1.29 is 9.31 Å². The molecule has 1 aliphatic heterocycles. The van der Waals surface area contributed by atoms with Crippen molar-refractivity contribution in [3.63, 3.8) is 0 Å². The normalized spacial score (nSPS) is 16.4. The van der Waals surface area contributed by atoms with E-state index in [4.69, 9.17) is 9.31 Å². The van der Waals surface area contributed by atoms with Crippen LogP contribution in [0, 0.1) is 0 Å². The van der Waals surface area contributed by atoms with E-state index in [0.717, 1.165) is 5.46 Å². The van der Waals surface area contributed by atoms with Crippen LogP contribution in [-0.2, 0) is 9.31 Å². The molecule has 0 radical (unpaired) electrons. The maximum Gasteiger partial charge on any atom is 0.494 e. The molecule has 0 bridgehead atoms. The molecular weight excluding hydrogens is 539 g/mol. The molecule has 2 aromatic heterocycles. The second kappa shape index (κ2) is 9.01. The second-order valence-corrected chi connectivity index (χ2v) is 14.2. The van der Waals surface area contributed by atoms with Crippen molar-refractivity contribution in [2.24, 2.45) is 0 Å². The third-order valence-corrected chi connectivity index (χ3v) is 11.2. The standard InChI is InChI=1S/C36H29BO2S2/c1-35(2)36(3,4)39-37(38-35)24-20-22(25-13-9-17-31-33(25)27-11-5-7-15-29(27)40-31)19-23(21-24)26-14-10-18-32-34(26)28-12-6-8-16-30(28)41-32/h5-21H,1-4H3. The average molecular weight is 569 g/mol. The Bertz CT molecular complexity index is 1990. The zero-order valence-corrected chi connectivity index (χ0v) is 25.2. The summed E-state index contributed by atoms with van der Waals surface area (Å²) in [6.07, 6.45) is 0. The average Bonchev–Trinajstić information content (AvgIpc) is 3.61. The van der Waals surface area contributed by atoms with Crippen LogP contribution in [0.1, 0.15) is 27.7 Å². The summed E-state index contributed by atoms with van der Waals surface area (Å²) in [5.41, 5.74) is 5.05. The van der Waals surface area contributed by atoms with Crippen LogP contribution in [0.5, 0.6) is 0 Å². The highest BCUT2D eigenvalue weighted by atomic mass is 32.1. The van der Waals surface area contributed by atoms with E-state index in [1.54, 1.807) is 0 Å². The lowest BCUT2D eigenvalue weighted by molar-refractivity contribution is 0.00578. The summed E-state index contributed by atoms with van der Waals surface area (Å²) < 4.78 is 18.4. The molecule has 5 heteroatoms. The van der Waals surface area contributed by atoms with Gasteiger partial charge in [0.05, 0.1) is 11.2 Å². The van der Waals surface area contributed by atoms with E-state index in [0.29, 0.717) is 0 Å². The molecule has 8 rings (SSSR count). The van der Waals surface area contributed by atoms with Crippen molar-refractivity contribution in [2.45, 2.75) is 38.9 Å². The molecular formula is C36H29BO2S2. The molecule has 0 saturated carbocycles. The van der Waals surface area contributed by atoms with Crippen molar-refractivity contribution in [3.05, 3.63) is 103 Å².